The number of ether oxygens (including phenoxy) is 2. The molecule has 3 aromatic rings. The third-order valence-electron chi connectivity index (χ3n) is 3.49. The second kappa shape index (κ2) is 7.73. The van der Waals surface area contributed by atoms with Crippen molar-refractivity contribution in [2.75, 3.05) is 12.4 Å². The molecule has 0 aliphatic carbocycles. The second-order valence-corrected chi connectivity index (χ2v) is 5.68. The third kappa shape index (κ3) is 4.31. The van der Waals surface area contributed by atoms with Gasteiger partial charge in [-0.3, -0.25) is 4.79 Å². The molecule has 0 saturated carbocycles. The highest BCUT2D eigenvalue weighted by Gasteiger charge is 2.12. The van der Waals surface area contributed by atoms with Gasteiger partial charge in [-0.25, -0.2) is 0 Å². The molecule has 1 N–H and O–H groups in total. The number of anilines is 1. The molecule has 0 saturated heterocycles. The van der Waals surface area contributed by atoms with Crippen LogP contribution in [0.3, 0.4) is 0 Å². The lowest BCUT2D eigenvalue weighted by molar-refractivity contribution is 0.102. The highest BCUT2D eigenvalue weighted by Crippen LogP contribution is 2.32. The zero-order chi connectivity index (χ0) is 17.6. The first kappa shape index (κ1) is 16.9. The van der Waals surface area contributed by atoms with Crippen LogP contribution in [0.4, 0.5) is 5.69 Å². The fourth-order valence-electron chi connectivity index (χ4n) is 2.26. The van der Waals surface area contributed by atoms with Crippen LogP contribution in [0.1, 0.15) is 10.4 Å². The quantitative estimate of drug-likeness (QED) is 0.668. The number of rotatable bonds is 5. The minimum atomic E-state index is -0.279. The van der Waals surface area contributed by atoms with Crippen LogP contribution < -0.4 is 14.8 Å². The molecular weight excluding hydrogens is 338 g/mol. The molecule has 0 heterocycles. The van der Waals surface area contributed by atoms with E-state index < -0.39 is 0 Å². The molecule has 4 nitrogen and oxygen atoms in total. The van der Waals surface area contributed by atoms with Gasteiger partial charge >= 0.3 is 0 Å². The molecule has 25 heavy (non-hydrogen) atoms. The summed E-state index contributed by atoms with van der Waals surface area (Å²) in [5.74, 6) is 1.51. The number of amides is 1. The Morgan fingerprint density at radius 1 is 0.920 bits per heavy atom. The zero-order valence-corrected chi connectivity index (χ0v) is 14.3. The number of para-hydroxylation sites is 1. The van der Waals surface area contributed by atoms with Crippen LogP contribution in [0.25, 0.3) is 0 Å². The van der Waals surface area contributed by atoms with Gasteiger partial charge in [0.05, 0.1) is 12.8 Å². The molecule has 1 amide bonds. The monoisotopic (exact) mass is 353 g/mol. The molecule has 0 spiro atoms. The first-order valence-electron chi connectivity index (χ1n) is 7.63. The molecule has 0 fully saturated rings. The Morgan fingerprint density at radius 2 is 1.68 bits per heavy atom. The fourth-order valence-corrected chi connectivity index (χ4v) is 2.44. The molecule has 0 bridgehead atoms. The maximum Gasteiger partial charge on any atom is 0.255 e. The molecule has 0 aliphatic rings. The number of carbonyl (C=O) groups excluding carboxylic acids is 1. The van der Waals surface area contributed by atoms with Gasteiger partial charge in [0, 0.05) is 10.6 Å². The van der Waals surface area contributed by atoms with Crippen molar-refractivity contribution in [3.63, 3.8) is 0 Å². The predicted octanol–water partition coefficient (Wildman–Crippen LogP) is 5.39. The van der Waals surface area contributed by atoms with E-state index in [1.54, 1.807) is 49.6 Å². The van der Waals surface area contributed by atoms with E-state index in [9.17, 15) is 4.79 Å². The standard InChI is InChI=1S/C20H16ClNO3/c1-24-17-9-5-6-14(12-17)20(23)22-18-13-15(21)10-11-19(18)25-16-7-3-2-4-8-16/h2-13H,1H3,(H,22,23). The SMILES string of the molecule is COc1cccc(C(=O)Nc2cc(Cl)ccc2Oc2ccccc2)c1. The average molecular weight is 354 g/mol. The normalized spacial score (nSPS) is 10.2. The van der Waals surface area contributed by atoms with Gasteiger partial charge in [0.15, 0.2) is 5.75 Å². The second-order valence-electron chi connectivity index (χ2n) is 5.24. The van der Waals surface area contributed by atoms with Gasteiger partial charge in [-0.2, -0.15) is 0 Å². The van der Waals surface area contributed by atoms with Crippen LogP contribution in [-0.2, 0) is 0 Å². The highest BCUT2D eigenvalue weighted by molar-refractivity contribution is 6.31. The summed E-state index contributed by atoms with van der Waals surface area (Å²) in [7, 11) is 1.56. The Balaban J connectivity index is 1.85. The molecule has 0 unspecified atom stereocenters. The lowest BCUT2D eigenvalue weighted by Gasteiger charge is -2.13. The molecule has 0 aromatic heterocycles. The van der Waals surface area contributed by atoms with Gasteiger partial charge < -0.3 is 14.8 Å². The Morgan fingerprint density at radius 3 is 2.44 bits per heavy atom. The topological polar surface area (TPSA) is 47.6 Å². The van der Waals surface area contributed by atoms with Gasteiger partial charge in [-0.1, -0.05) is 35.9 Å². The van der Waals surface area contributed by atoms with E-state index in [1.165, 1.54) is 0 Å². The van der Waals surface area contributed by atoms with E-state index in [-0.39, 0.29) is 5.91 Å². The van der Waals surface area contributed by atoms with Gasteiger partial charge in [0.25, 0.3) is 5.91 Å². The molecule has 5 heteroatoms. The number of halogens is 1. The number of methoxy groups -OCH3 is 1. The minimum Gasteiger partial charge on any atom is -0.497 e. The van der Waals surface area contributed by atoms with Gasteiger partial charge in [0.2, 0.25) is 0 Å². The Hall–Kier alpha value is -2.98. The Bertz CT molecular complexity index is 881. The van der Waals surface area contributed by atoms with Crippen LogP contribution in [0.2, 0.25) is 5.02 Å². The van der Waals surface area contributed by atoms with Crippen LogP contribution >= 0.6 is 11.6 Å². The van der Waals surface area contributed by atoms with E-state index in [4.69, 9.17) is 21.1 Å². The van der Waals surface area contributed by atoms with Crippen molar-refractivity contribution in [2.45, 2.75) is 0 Å². The summed E-state index contributed by atoms with van der Waals surface area (Å²) in [6, 6.07) is 21.3. The molecule has 0 aliphatic heterocycles. The van der Waals surface area contributed by atoms with Gasteiger partial charge in [-0.15, -0.1) is 0 Å². The fraction of sp³-hybridized carbons (Fsp3) is 0.0500. The van der Waals surface area contributed by atoms with Crippen molar-refractivity contribution in [3.8, 4) is 17.2 Å². The summed E-state index contributed by atoms with van der Waals surface area (Å²) in [5.41, 5.74) is 0.967. The van der Waals surface area contributed by atoms with Crippen LogP contribution in [0.15, 0.2) is 72.8 Å². The van der Waals surface area contributed by atoms with Gasteiger partial charge in [0.1, 0.15) is 11.5 Å². The highest BCUT2D eigenvalue weighted by atomic mass is 35.5. The summed E-state index contributed by atoms with van der Waals surface area (Å²) < 4.78 is 11.0. The molecule has 0 atom stereocenters. The third-order valence-corrected chi connectivity index (χ3v) is 3.73. The molecule has 126 valence electrons. The summed E-state index contributed by atoms with van der Waals surface area (Å²) >= 11 is 6.07. The van der Waals surface area contributed by atoms with Crippen LogP contribution in [0, 0.1) is 0 Å². The Kier molecular flexibility index (Phi) is 5.21. The van der Waals surface area contributed by atoms with Crippen molar-refractivity contribution in [2.24, 2.45) is 0 Å². The van der Waals surface area contributed by atoms with E-state index in [2.05, 4.69) is 5.32 Å². The summed E-state index contributed by atoms with van der Waals surface area (Å²) in [6.07, 6.45) is 0. The summed E-state index contributed by atoms with van der Waals surface area (Å²) in [4.78, 5) is 12.5. The lowest BCUT2D eigenvalue weighted by atomic mass is 10.2. The maximum absolute atomic E-state index is 12.5. The van der Waals surface area contributed by atoms with Crippen molar-refractivity contribution in [1.29, 1.82) is 0 Å². The largest absolute Gasteiger partial charge is 0.497 e. The van der Waals surface area contributed by atoms with Crippen molar-refractivity contribution >= 4 is 23.2 Å². The number of hydrogen-bond donors (Lipinski definition) is 1. The van der Waals surface area contributed by atoms with E-state index in [0.717, 1.165) is 0 Å². The zero-order valence-electron chi connectivity index (χ0n) is 13.5. The van der Waals surface area contributed by atoms with E-state index in [0.29, 0.717) is 33.5 Å². The number of hydrogen-bond acceptors (Lipinski definition) is 3. The van der Waals surface area contributed by atoms with Crippen molar-refractivity contribution < 1.29 is 14.3 Å². The lowest BCUT2D eigenvalue weighted by Crippen LogP contribution is -2.12. The van der Waals surface area contributed by atoms with Crippen molar-refractivity contribution in [3.05, 3.63) is 83.4 Å². The number of carbonyl (C=O) groups is 1. The smallest absolute Gasteiger partial charge is 0.255 e. The van der Waals surface area contributed by atoms with Crippen LogP contribution in [-0.4, -0.2) is 13.0 Å². The maximum atomic E-state index is 12.5. The first-order chi connectivity index (χ1) is 12.2. The molecule has 3 rings (SSSR count). The first-order valence-corrected chi connectivity index (χ1v) is 8.01. The van der Waals surface area contributed by atoms with E-state index in [1.807, 2.05) is 30.3 Å². The minimum absolute atomic E-state index is 0.279. The predicted molar refractivity (Wildman–Crippen MR) is 98.9 cm³/mol. The molecule has 3 aromatic carbocycles. The Labute approximate surface area is 151 Å². The van der Waals surface area contributed by atoms with Crippen molar-refractivity contribution in [1.82, 2.24) is 0 Å². The molecular formula is C20H16ClNO3. The average Bonchev–Trinajstić information content (AvgIpc) is 2.65. The van der Waals surface area contributed by atoms with Gasteiger partial charge in [-0.05, 0) is 48.5 Å². The number of nitrogens with one attached hydrogen (secondary N) is 1. The summed E-state index contributed by atoms with van der Waals surface area (Å²) in [5, 5.41) is 3.34. The molecule has 0 radical (unpaired) electrons. The summed E-state index contributed by atoms with van der Waals surface area (Å²) in [6.45, 7) is 0. The number of benzene rings is 3. The van der Waals surface area contributed by atoms with Crippen LogP contribution in [0.5, 0.6) is 17.2 Å². The van der Waals surface area contributed by atoms with E-state index >= 15 is 0 Å².